The van der Waals surface area contributed by atoms with Crippen LogP contribution in [0.15, 0.2) is 60.7 Å². The van der Waals surface area contributed by atoms with E-state index < -0.39 is 9.04 Å². The van der Waals surface area contributed by atoms with E-state index in [-0.39, 0.29) is 0 Å². The van der Waals surface area contributed by atoms with Gasteiger partial charge in [-0.05, 0) is 29.8 Å². The zero-order chi connectivity index (χ0) is 11.9. The molecule has 0 saturated carbocycles. The van der Waals surface area contributed by atoms with E-state index in [1.807, 2.05) is 30.3 Å². The van der Waals surface area contributed by atoms with Crippen molar-refractivity contribution in [1.29, 1.82) is 0 Å². The SMILES string of the molecule is CC[SiH](Cc1ccccc1)Oc1ccccc1. The first-order chi connectivity index (χ1) is 8.38. The van der Waals surface area contributed by atoms with Crippen LogP contribution in [0.1, 0.15) is 12.5 Å². The second kappa shape index (κ2) is 6.26. The van der Waals surface area contributed by atoms with Crippen LogP contribution in [-0.2, 0) is 6.04 Å². The highest BCUT2D eigenvalue weighted by Gasteiger charge is 2.11. The lowest BCUT2D eigenvalue weighted by Crippen LogP contribution is -2.24. The first-order valence-corrected chi connectivity index (χ1v) is 8.24. The summed E-state index contributed by atoms with van der Waals surface area (Å²) >= 11 is 0. The highest BCUT2D eigenvalue weighted by molar-refractivity contribution is 6.52. The van der Waals surface area contributed by atoms with E-state index in [0.717, 1.165) is 17.8 Å². The molecule has 0 N–H and O–H groups in total. The van der Waals surface area contributed by atoms with Crippen molar-refractivity contribution in [3.8, 4) is 5.75 Å². The Morgan fingerprint density at radius 3 is 2.06 bits per heavy atom. The Balaban J connectivity index is 1.98. The minimum absolute atomic E-state index is 1.02. The van der Waals surface area contributed by atoms with E-state index in [4.69, 9.17) is 4.43 Å². The molecular formula is C15H18OSi. The van der Waals surface area contributed by atoms with Crippen molar-refractivity contribution in [2.45, 2.75) is 19.0 Å². The van der Waals surface area contributed by atoms with Crippen molar-refractivity contribution in [2.75, 3.05) is 0 Å². The van der Waals surface area contributed by atoms with Crippen LogP contribution < -0.4 is 4.43 Å². The van der Waals surface area contributed by atoms with Gasteiger partial charge in [0.2, 0.25) is 9.04 Å². The average Bonchev–Trinajstić information content (AvgIpc) is 2.40. The molecule has 0 saturated heterocycles. The Kier molecular flexibility index (Phi) is 4.39. The molecule has 17 heavy (non-hydrogen) atoms. The zero-order valence-electron chi connectivity index (χ0n) is 10.2. The number of hydrogen-bond donors (Lipinski definition) is 0. The fraction of sp³-hybridized carbons (Fsp3) is 0.200. The average molecular weight is 242 g/mol. The van der Waals surface area contributed by atoms with Crippen molar-refractivity contribution in [3.05, 3.63) is 66.2 Å². The smallest absolute Gasteiger partial charge is 0.239 e. The molecule has 2 rings (SSSR count). The van der Waals surface area contributed by atoms with Crippen LogP contribution >= 0.6 is 0 Å². The first-order valence-electron chi connectivity index (χ1n) is 6.14. The molecular weight excluding hydrogens is 224 g/mol. The van der Waals surface area contributed by atoms with E-state index in [2.05, 4.69) is 37.3 Å². The number of rotatable bonds is 5. The molecule has 0 fully saturated rings. The third kappa shape index (κ3) is 3.75. The van der Waals surface area contributed by atoms with Crippen molar-refractivity contribution in [2.24, 2.45) is 0 Å². The van der Waals surface area contributed by atoms with Gasteiger partial charge in [0, 0.05) is 0 Å². The van der Waals surface area contributed by atoms with Gasteiger partial charge in [-0.25, -0.2) is 0 Å². The fourth-order valence-corrected chi connectivity index (χ4v) is 3.72. The lowest BCUT2D eigenvalue weighted by molar-refractivity contribution is 0.564. The standard InChI is InChI=1S/C15H18OSi/c1-2-17(13-14-9-5-3-6-10-14)16-15-11-7-4-8-12-15/h3-12,17H,2,13H2,1H3. The minimum Gasteiger partial charge on any atom is -0.546 e. The largest absolute Gasteiger partial charge is 0.546 e. The third-order valence-electron chi connectivity index (χ3n) is 2.81. The predicted molar refractivity (Wildman–Crippen MR) is 74.8 cm³/mol. The number of benzene rings is 2. The van der Waals surface area contributed by atoms with E-state index in [1.165, 1.54) is 5.56 Å². The molecule has 0 radical (unpaired) electrons. The van der Waals surface area contributed by atoms with E-state index >= 15 is 0 Å². The number of para-hydroxylation sites is 1. The molecule has 88 valence electrons. The third-order valence-corrected chi connectivity index (χ3v) is 5.25. The van der Waals surface area contributed by atoms with Gasteiger partial charge in [0.1, 0.15) is 5.75 Å². The number of hydrogen-bond acceptors (Lipinski definition) is 1. The first kappa shape index (κ1) is 11.9. The zero-order valence-corrected chi connectivity index (χ0v) is 11.3. The molecule has 0 heterocycles. The molecule has 1 nitrogen and oxygen atoms in total. The van der Waals surface area contributed by atoms with E-state index in [1.54, 1.807) is 0 Å². The quantitative estimate of drug-likeness (QED) is 0.728. The van der Waals surface area contributed by atoms with Crippen molar-refractivity contribution < 1.29 is 4.43 Å². The van der Waals surface area contributed by atoms with Crippen LogP contribution in [0.3, 0.4) is 0 Å². The van der Waals surface area contributed by atoms with Crippen molar-refractivity contribution >= 4 is 9.04 Å². The van der Waals surface area contributed by atoms with Crippen LogP contribution in [0.5, 0.6) is 5.75 Å². The fourth-order valence-electron chi connectivity index (χ4n) is 1.84. The van der Waals surface area contributed by atoms with Gasteiger partial charge in [0.25, 0.3) is 0 Å². The molecule has 0 aromatic heterocycles. The second-order valence-electron chi connectivity index (χ2n) is 4.15. The van der Waals surface area contributed by atoms with Gasteiger partial charge >= 0.3 is 0 Å². The monoisotopic (exact) mass is 242 g/mol. The summed E-state index contributed by atoms with van der Waals surface area (Å²) in [6, 6.07) is 23.0. The van der Waals surface area contributed by atoms with Crippen LogP contribution in [0.25, 0.3) is 0 Å². The Bertz CT molecular complexity index is 386. The molecule has 0 spiro atoms. The molecule has 2 aromatic rings. The van der Waals surface area contributed by atoms with Gasteiger partial charge < -0.3 is 4.43 Å². The molecule has 0 aliphatic rings. The summed E-state index contributed by atoms with van der Waals surface area (Å²) in [7, 11) is -1.17. The molecule has 0 bridgehead atoms. The maximum absolute atomic E-state index is 6.11. The van der Waals surface area contributed by atoms with Gasteiger partial charge in [0.05, 0.1) is 0 Å². The van der Waals surface area contributed by atoms with Gasteiger partial charge in [-0.15, -0.1) is 0 Å². The molecule has 0 amide bonds. The van der Waals surface area contributed by atoms with Crippen LogP contribution in [0.2, 0.25) is 6.04 Å². The maximum Gasteiger partial charge on any atom is 0.239 e. The summed E-state index contributed by atoms with van der Waals surface area (Å²) in [5.41, 5.74) is 1.39. The van der Waals surface area contributed by atoms with E-state index in [9.17, 15) is 0 Å². The van der Waals surface area contributed by atoms with Gasteiger partial charge in [-0.1, -0.05) is 55.5 Å². The summed E-state index contributed by atoms with van der Waals surface area (Å²) in [5.74, 6) is 1.02. The molecule has 1 unspecified atom stereocenters. The predicted octanol–water partition coefficient (Wildman–Crippen LogP) is 3.59. The molecule has 2 aromatic carbocycles. The topological polar surface area (TPSA) is 9.23 Å². The lowest BCUT2D eigenvalue weighted by atomic mass is 10.2. The van der Waals surface area contributed by atoms with E-state index in [0.29, 0.717) is 0 Å². The lowest BCUT2D eigenvalue weighted by Gasteiger charge is -2.16. The Morgan fingerprint density at radius 1 is 0.882 bits per heavy atom. The summed E-state index contributed by atoms with van der Waals surface area (Å²) in [6.45, 7) is 2.22. The maximum atomic E-state index is 6.11. The Morgan fingerprint density at radius 2 is 1.47 bits per heavy atom. The van der Waals surface area contributed by atoms with Gasteiger partial charge in [-0.2, -0.15) is 0 Å². The summed E-state index contributed by atoms with van der Waals surface area (Å²) < 4.78 is 6.11. The Hall–Kier alpha value is -1.54. The molecule has 2 heteroatoms. The summed E-state index contributed by atoms with van der Waals surface area (Å²) in [6.07, 6.45) is 0. The van der Waals surface area contributed by atoms with Crippen LogP contribution in [-0.4, -0.2) is 9.04 Å². The summed E-state index contributed by atoms with van der Waals surface area (Å²) in [4.78, 5) is 0. The highest BCUT2D eigenvalue weighted by atomic mass is 28.3. The molecule has 0 aliphatic carbocycles. The van der Waals surface area contributed by atoms with Gasteiger partial charge in [-0.3, -0.25) is 0 Å². The minimum atomic E-state index is -1.17. The normalized spacial score (nSPS) is 12.1. The second-order valence-corrected chi connectivity index (χ2v) is 6.86. The Labute approximate surface area is 105 Å². The molecule has 0 aliphatic heterocycles. The van der Waals surface area contributed by atoms with Gasteiger partial charge in [0.15, 0.2) is 0 Å². The summed E-state index contributed by atoms with van der Waals surface area (Å²) in [5, 5.41) is 0. The highest BCUT2D eigenvalue weighted by Crippen LogP contribution is 2.13. The van der Waals surface area contributed by atoms with Crippen LogP contribution in [0.4, 0.5) is 0 Å². The van der Waals surface area contributed by atoms with Crippen LogP contribution in [0, 0.1) is 0 Å². The molecule has 1 atom stereocenters. The van der Waals surface area contributed by atoms with Crippen molar-refractivity contribution in [3.63, 3.8) is 0 Å². The van der Waals surface area contributed by atoms with Crippen molar-refractivity contribution in [1.82, 2.24) is 0 Å².